The molecule has 13 heteroatoms. The Hall–Kier alpha value is -2.24. The van der Waals surface area contributed by atoms with Crippen LogP contribution in [0, 0.1) is 5.92 Å². The number of alkyl halides is 6. The first-order valence-electron chi connectivity index (χ1n) is 9.86. The highest BCUT2D eigenvalue weighted by Crippen LogP contribution is 2.40. The van der Waals surface area contributed by atoms with Crippen LogP contribution in [-0.2, 0) is 6.18 Å². The van der Waals surface area contributed by atoms with Crippen molar-refractivity contribution in [3.05, 3.63) is 45.6 Å². The molecule has 1 fully saturated rings. The number of carbonyl (C=O) groups excluding carboxylic acids is 1. The number of hydrogen-bond acceptors (Lipinski definition) is 4. The van der Waals surface area contributed by atoms with E-state index in [1.54, 1.807) is 0 Å². The van der Waals surface area contributed by atoms with E-state index in [0.29, 0.717) is 12.8 Å². The standard InChI is InChI=1S/C21H18Cl2F6N2O3/c1-19(33,11-3-4-11)8-30-17(32)13-7-12(10-2-5-14(22)15(23)6-10)18(34-9-20(24,25)26)31-16(13)21(27,28)29/h2,5-7,11,33H,3-4,8-9H2,1H3,(H,30,32)/t19-/m1/s1. The zero-order chi connectivity index (χ0) is 25.5. The van der Waals surface area contributed by atoms with Gasteiger partial charge < -0.3 is 15.2 Å². The third-order valence-corrected chi connectivity index (χ3v) is 5.91. The number of hydrogen-bond donors (Lipinski definition) is 2. The molecule has 1 saturated carbocycles. The highest BCUT2D eigenvalue weighted by Gasteiger charge is 2.42. The molecule has 1 aromatic heterocycles. The number of nitrogens with zero attached hydrogens (tertiary/aromatic N) is 1. The zero-order valence-corrected chi connectivity index (χ0v) is 19.0. The number of pyridine rings is 1. The van der Waals surface area contributed by atoms with Crippen LogP contribution >= 0.6 is 23.2 Å². The van der Waals surface area contributed by atoms with Gasteiger partial charge in [0.15, 0.2) is 12.3 Å². The monoisotopic (exact) mass is 530 g/mol. The SMILES string of the molecule is C[C@@](O)(CNC(=O)c1cc(-c2ccc(Cl)c(Cl)c2)c(OCC(F)(F)F)nc1C(F)(F)F)C1CC1. The smallest absolute Gasteiger partial charge is 0.434 e. The molecule has 3 rings (SSSR count). The van der Waals surface area contributed by atoms with Crippen molar-refractivity contribution in [2.24, 2.45) is 5.92 Å². The molecule has 2 aromatic rings. The number of benzene rings is 1. The van der Waals surface area contributed by atoms with E-state index >= 15 is 0 Å². The number of aliphatic hydroxyl groups is 1. The molecule has 34 heavy (non-hydrogen) atoms. The van der Waals surface area contributed by atoms with Gasteiger partial charge in [-0.25, -0.2) is 4.98 Å². The Bertz CT molecular complexity index is 1090. The summed E-state index contributed by atoms with van der Waals surface area (Å²) >= 11 is 11.8. The second-order valence-corrected chi connectivity index (χ2v) is 8.90. The summed E-state index contributed by atoms with van der Waals surface area (Å²) in [6, 6.07) is 4.46. The molecule has 1 aromatic carbocycles. The van der Waals surface area contributed by atoms with Gasteiger partial charge in [0.2, 0.25) is 5.88 Å². The molecule has 0 aliphatic heterocycles. The van der Waals surface area contributed by atoms with Crippen molar-refractivity contribution in [2.75, 3.05) is 13.2 Å². The van der Waals surface area contributed by atoms with Gasteiger partial charge in [-0.15, -0.1) is 0 Å². The lowest BCUT2D eigenvalue weighted by molar-refractivity contribution is -0.154. The minimum Gasteiger partial charge on any atom is -0.468 e. The van der Waals surface area contributed by atoms with E-state index in [0.717, 1.165) is 6.07 Å². The van der Waals surface area contributed by atoms with Crippen molar-refractivity contribution in [3.8, 4) is 17.0 Å². The fourth-order valence-electron chi connectivity index (χ4n) is 3.22. The molecule has 0 spiro atoms. The number of carbonyl (C=O) groups is 1. The lowest BCUT2D eigenvalue weighted by Crippen LogP contribution is -2.42. The van der Waals surface area contributed by atoms with Gasteiger partial charge in [-0.2, -0.15) is 26.3 Å². The first-order chi connectivity index (χ1) is 15.6. The molecule has 1 heterocycles. The molecule has 1 aliphatic carbocycles. The second-order valence-electron chi connectivity index (χ2n) is 8.08. The first-order valence-corrected chi connectivity index (χ1v) is 10.6. The maximum Gasteiger partial charge on any atom is 0.434 e. The molecule has 0 bridgehead atoms. The van der Waals surface area contributed by atoms with Gasteiger partial charge in [-0.05, 0) is 49.4 Å². The number of aromatic nitrogens is 1. The van der Waals surface area contributed by atoms with Gasteiger partial charge in [0, 0.05) is 12.1 Å². The van der Waals surface area contributed by atoms with Crippen molar-refractivity contribution in [2.45, 2.75) is 37.7 Å². The molecule has 0 unspecified atom stereocenters. The Kier molecular flexibility index (Phi) is 7.31. The summed E-state index contributed by atoms with van der Waals surface area (Å²) in [6.45, 7) is -0.799. The molecule has 0 saturated heterocycles. The van der Waals surface area contributed by atoms with Gasteiger partial charge in [0.05, 0.1) is 21.2 Å². The fraction of sp³-hybridized carbons (Fsp3) is 0.429. The van der Waals surface area contributed by atoms with Gasteiger partial charge >= 0.3 is 12.4 Å². The lowest BCUT2D eigenvalue weighted by Gasteiger charge is -2.24. The average molecular weight is 531 g/mol. The zero-order valence-electron chi connectivity index (χ0n) is 17.4. The van der Waals surface area contributed by atoms with Crippen LogP contribution in [0.25, 0.3) is 11.1 Å². The summed E-state index contributed by atoms with van der Waals surface area (Å²) in [7, 11) is 0. The molecule has 1 amide bonds. The fourth-order valence-corrected chi connectivity index (χ4v) is 3.52. The molecule has 1 aliphatic rings. The van der Waals surface area contributed by atoms with E-state index in [1.807, 2.05) is 0 Å². The second kappa shape index (κ2) is 9.43. The van der Waals surface area contributed by atoms with Crippen LogP contribution in [0.4, 0.5) is 26.3 Å². The quantitative estimate of drug-likeness (QED) is 0.437. The number of ether oxygens (including phenoxy) is 1. The Morgan fingerprint density at radius 2 is 1.79 bits per heavy atom. The van der Waals surface area contributed by atoms with Crippen LogP contribution in [0.2, 0.25) is 10.0 Å². The number of halogens is 8. The highest BCUT2D eigenvalue weighted by atomic mass is 35.5. The van der Waals surface area contributed by atoms with Crippen molar-refractivity contribution < 1.29 is 41.0 Å². The average Bonchev–Trinajstić information content (AvgIpc) is 3.57. The van der Waals surface area contributed by atoms with E-state index in [9.17, 15) is 36.2 Å². The van der Waals surface area contributed by atoms with Crippen molar-refractivity contribution in [3.63, 3.8) is 0 Å². The van der Waals surface area contributed by atoms with Crippen molar-refractivity contribution in [1.82, 2.24) is 10.3 Å². The van der Waals surface area contributed by atoms with Gasteiger partial charge in [-0.1, -0.05) is 29.3 Å². The maximum absolute atomic E-state index is 13.7. The van der Waals surface area contributed by atoms with Crippen LogP contribution < -0.4 is 10.1 Å². The number of rotatable bonds is 7. The third-order valence-electron chi connectivity index (χ3n) is 5.17. The highest BCUT2D eigenvalue weighted by molar-refractivity contribution is 6.42. The van der Waals surface area contributed by atoms with E-state index in [2.05, 4.69) is 15.0 Å². The van der Waals surface area contributed by atoms with E-state index < -0.39 is 47.6 Å². The summed E-state index contributed by atoms with van der Waals surface area (Å²) in [4.78, 5) is 15.9. The molecular weight excluding hydrogens is 513 g/mol. The van der Waals surface area contributed by atoms with Crippen molar-refractivity contribution in [1.29, 1.82) is 0 Å². The lowest BCUT2D eigenvalue weighted by atomic mass is 9.99. The van der Waals surface area contributed by atoms with Crippen LogP contribution in [0.1, 0.15) is 35.8 Å². The Morgan fingerprint density at radius 3 is 2.32 bits per heavy atom. The van der Waals surface area contributed by atoms with E-state index in [1.165, 1.54) is 25.1 Å². The number of amides is 1. The molecule has 0 radical (unpaired) electrons. The van der Waals surface area contributed by atoms with Crippen LogP contribution in [0.15, 0.2) is 24.3 Å². The summed E-state index contributed by atoms with van der Waals surface area (Å²) < 4.78 is 83.9. The summed E-state index contributed by atoms with van der Waals surface area (Å²) in [6.07, 6.45) is -8.63. The Labute approximate surface area is 200 Å². The number of nitrogens with one attached hydrogen (secondary N) is 1. The van der Waals surface area contributed by atoms with Gasteiger partial charge in [0.1, 0.15) is 0 Å². The van der Waals surface area contributed by atoms with E-state index in [-0.39, 0.29) is 33.6 Å². The summed E-state index contributed by atoms with van der Waals surface area (Å²) in [5.74, 6) is -2.31. The van der Waals surface area contributed by atoms with Crippen LogP contribution in [0.5, 0.6) is 5.88 Å². The van der Waals surface area contributed by atoms with E-state index in [4.69, 9.17) is 23.2 Å². The molecular formula is C21H18Cl2F6N2O3. The minimum absolute atomic E-state index is 0.0202. The predicted molar refractivity (Wildman–Crippen MR) is 112 cm³/mol. The van der Waals surface area contributed by atoms with Crippen LogP contribution in [-0.4, -0.2) is 40.9 Å². The molecule has 1 atom stereocenters. The molecule has 2 N–H and O–H groups in total. The topological polar surface area (TPSA) is 71.5 Å². The van der Waals surface area contributed by atoms with Gasteiger partial charge in [-0.3, -0.25) is 4.79 Å². The summed E-state index contributed by atoms with van der Waals surface area (Å²) in [5, 5.41) is 12.7. The first kappa shape index (κ1) is 26.4. The maximum atomic E-state index is 13.7. The normalized spacial score (nSPS) is 16.2. The van der Waals surface area contributed by atoms with Gasteiger partial charge in [0.25, 0.3) is 5.91 Å². The molecule has 5 nitrogen and oxygen atoms in total. The predicted octanol–water partition coefficient (Wildman–Crippen LogP) is 5.91. The summed E-state index contributed by atoms with van der Waals surface area (Å²) in [5.41, 5.74) is -4.35. The van der Waals surface area contributed by atoms with Crippen molar-refractivity contribution >= 4 is 29.1 Å². The van der Waals surface area contributed by atoms with Crippen LogP contribution in [0.3, 0.4) is 0 Å². The minimum atomic E-state index is -5.20. The Morgan fingerprint density at radius 1 is 1.15 bits per heavy atom. The largest absolute Gasteiger partial charge is 0.468 e. The third kappa shape index (κ3) is 6.45. The molecule has 186 valence electrons. The Balaban J connectivity index is 2.09.